The Kier molecular flexibility index (Phi) is 5.37. The summed E-state index contributed by atoms with van der Waals surface area (Å²) in [5.41, 5.74) is 0. The molecule has 0 spiro atoms. The summed E-state index contributed by atoms with van der Waals surface area (Å²) >= 11 is 0. The summed E-state index contributed by atoms with van der Waals surface area (Å²) in [5, 5.41) is 11.5. The van der Waals surface area contributed by atoms with Crippen LogP contribution in [0, 0.1) is 0 Å². The normalized spacial score (nSPS) is 18.3. The van der Waals surface area contributed by atoms with Crippen LogP contribution in [0.5, 0.6) is 0 Å². The molecule has 6 heteroatoms. The van der Waals surface area contributed by atoms with Crippen molar-refractivity contribution in [2.45, 2.75) is 19.9 Å². The summed E-state index contributed by atoms with van der Waals surface area (Å²) in [6.07, 6.45) is 0. The van der Waals surface area contributed by atoms with Crippen LogP contribution < -0.4 is 5.32 Å². The molecule has 0 saturated carbocycles. The van der Waals surface area contributed by atoms with Crippen molar-refractivity contribution in [1.82, 2.24) is 15.1 Å². The number of amides is 1. The van der Waals surface area contributed by atoms with Gasteiger partial charge in [0.25, 0.3) is 0 Å². The van der Waals surface area contributed by atoms with Crippen molar-refractivity contribution in [1.29, 1.82) is 0 Å². The van der Waals surface area contributed by atoms with Crippen LogP contribution in [0.3, 0.4) is 0 Å². The van der Waals surface area contributed by atoms with Crippen molar-refractivity contribution >= 4 is 11.9 Å². The lowest BCUT2D eigenvalue weighted by Crippen LogP contribution is -2.51. The average Bonchev–Trinajstić information content (AvgIpc) is 2.18. The van der Waals surface area contributed by atoms with E-state index in [-0.39, 0.29) is 18.5 Å². The molecule has 0 aromatic rings. The standard InChI is InChI=1S/C11H21N3O3/c1-9(2)12-10(15)7-13-3-5-14(6-4-13)8-11(16)17/h9H,3-8H2,1-2H3,(H,12,15)(H,16,17). The molecule has 0 radical (unpaired) electrons. The maximum absolute atomic E-state index is 11.5. The van der Waals surface area contributed by atoms with Crippen LogP contribution in [0.1, 0.15) is 13.8 Å². The molecular formula is C11H21N3O3. The third-order valence-electron chi connectivity index (χ3n) is 2.64. The molecule has 17 heavy (non-hydrogen) atoms. The van der Waals surface area contributed by atoms with Crippen LogP contribution in [-0.2, 0) is 9.59 Å². The number of piperazine rings is 1. The van der Waals surface area contributed by atoms with Gasteiger partial charge in [-0.25, -0.2) is 0 Å². The predicted molar refractivity (Wildman–Crippen MR) is 63.8 cm³/mol. The summed E-state index contributed by atoms with van der Waals surface area (Å²) < 4.78 is 0. The zero-order valence-electron chi connectivity index (χ0n) is 10.5. The van der Waals surface area contributed by atoms with Gasteiger partial charge in [-0.2, -0.15) is 0 Å². The number of aliphatic carboxylic acids is 1. The molecule has 0 aliphatic carbocycles. The molecule has 1 aliphatic rings. The molecule has 2 N–H and O–H groups in total. The molecule has 1 amide bonds. The fraction of sp³-hybridized carbons (Fsp3) is 0.818. The van der Waals surface area contributed by atoms with Crippen LogP contribution in [0.15, 0.2) is 0 Å². The largest absolute Gasteiger partial charge is 0.480 e. The van der Waals surface area contributed by atoms with Crippen molar-refractivity contribution in [2.24, 2.45) is 0 Å². The van der Waals surface area contributed by atoms with E-state index in [1.54, 1.807) is 0 Å². The Bertz CT molecular complexity index is 273. The lowest BCUT2D eigenvalue weighted by molar-refractivity contribution is -0.139. The van der Waals surface area contributed by atoms with Crippen molar-refractivity contribution in [3.8, 4) is 0 Å². The van der Waals surface area contributed by atoms with Gasteiger partial charge in [-0.05, 0) is 13.8 Å². The number of hydrogen-bond acceptors (Lipinski definition) is 4. The average molecular weight is 243 g/mol. The van der Waals surface area contributed by atoms with E-state index < -0.39 is 5.97 Å². The first-order valence-electron chi connectivity index (χ1n) is 5.93. The molecule has 0 aromatic carbocycles. The van der Waals surface area contributed by atoms with Crippen LogP contribution >= 0.6 is 0 Å². The Morgan fingerprint density at radius 2 is 1.59 bits per heavy atom. The topological polar surface area (TPSA) is 72.9 Å². The second-order valence-electron chi connectivity index (χ2n) is 4.67. The number of carboxylic acid groups (broad SMARTS) is 1. The smallest absolute Gasteiger partial charge is 0.317 e. The fourth-order valence-corrected chi connectivity index (χ4v) is 1.87. The first-order chi connectivity index (χ1) is 7.97. The van der Waals surface area contributed by atoms with E-state index in [0.717, 1.165) is 13.1 Å². The number of carbonyl (C=O) groups excluding carboxylic acids is 1. The van der Waals surface area contributed by atoms with Gasteiger partial charge in [0.05, 0.1) is 13.1 Å². The lowest BCUT2D eigenvalue weighted by Gasteiger charge is -2.33. The van der Waals surface area contributed by atoms with Gasteiger partial charge in [0.15, 0.2) is 0 Å². The molecule has 1 heterocycles. The highest BCUT2D eigenvalue weighted by atomic mass is 16.4. The van der Waals surface area contributed by atoms with Crippen LogP contribution in [0.4, 0.5) is 0 Å². The maximum atomic E-state index is 11.5. The molecule has 98 valence electrons. The van der Waals surface area contributed by atoms with E-state index in [0.29, 0.717) is 19.6 Å². The SMILES string of the molecule is CC(C)NC(=O)CN1CCN(CC(=O)O)CC1. The van der Waals surface area contributed by atoms with Crippen molar-refractivity contribution < 1.29 is 14.7 Å². The summed E-state index contributed by atoms with van der Waals surface area (Å²) in [4.78, 5) is 26.0. The summed E-state index contributed by atoms with van der Waals surface area (Å²) in [7, 11) is 0. The molecular weight excluding hydrogens is 222 g/mol. The summed E-state index contributed by atoms with van der Waals surface area (Å²) in [6, 6.07) is 0.163. The minimum absolute atomic E-state index is 0.0340. The Balaban J connectivity index is 2.23. The van der Waals surface area contributed by atoms with Crippen molar-refractivity contribution in [2.75, 3.05) is 39.3 Å². The van der Waals surface area contributed by atoms with Gasteiger partial charge in [0.2, 0.25) is 5.91 Å². The minimum Gasteiger partial charge on any atom is -0.480 e. The van der Waals surface area contributed by atoms with Crippen LogP contribution in [0.25, 0.3) is 0 Å². The van der Waals surface area contributed by atoms with E-state index in [1.807, 2.05) is 18.7 Å². The van der Waals surface area contributed by atoms with E-state index in [2.05, 4.69) is 10.2 Å². The summed E-state index contributed by atoms with van der Waals surface area (Å²) in [5.74, 6) is -0.761. The van der Waals surface area contributed by atoms with Gasteiger partial charge in [0, 0.05) is 32.2 Å². The maximum Gasteiger partial charge on any atom is 0.317 e. The zero-order valence-corrected chi connectivity index (χ0v) is 10.5. The fourth-order valence-electron chi connectivity index (χ4n) is 1.87. The number of nitrogens with one attached hydrogen (secondary N) is 1. The van der Waals surface area contributed by atoms with E-state index in [4.69, 9.17) is 5.11 Å². The number of hydrogen-bond donors (Lipinski definition) is 2. The molecule has 0 aromatic heterocycles. The molecule has 0 atom stereocenters. The molecule has 1 aliphatic heterocycles. The van der Waals surface area contributed by atoms with Gasteiger partial charge in [-0.1, -0.05) is 0 Å². The molecule has 1 rings (SSSR count). The van der Waals surface area contributed by atoms with Gasteiger partial charge in [-0.3, -0.25) is 19.4 Å². The number of carbonyl (C=O) groups is 2. The van der Waals surface area contributed by atoms with E-state index in [1.165, 1.54) is 0 Å². The highest BCUT2D eigenvalue weighted by Gasteiger charge is 2.20. The molecule has 0 bridgehead atoms. The Hall–Kier alpha value is -1.14. The molecule has 0 unspecified atom stereocenters. The monoisotopic (exact) mass is 243 g/mol. The highest BCUT2D eigenvalue weighted by molar-refractivity contribution is 5.78. The zero-order chi connectivity index (χ0) is 12.8. The van der Waals surface area contributed by atoms with Crippen LogP contribution in [0.2, 0.25) is 0 Å². The Labute approximate surface area is 102 Å². The first-order valence-corrected chi connectivity index (χ1v) is 5.93. The van der Waals surface area contributed by atoms with Crippen LogP contribution in [-0.4, -0.2) is 72.1 Å². The number of rotatable bonds is 5. The van der Waals surface area contributed by atoms with Gasteiger partial charge >= 0.3 is 5.97 Å². The third kappa shape index (κ3) is 5.65. The molecule has 1 saturated heterocycles. The molecule has 6 nitrogen and oxygen atoms in total. The van der Waals surface area contributed by atoms with Gasteiger partial charge < -0.3 is 10.4 Å². The number of nitrogens with zero attached hydrogens (tertiary/aromatic N) is 2. The minimum atomic E-state index is -0.795. The van der Waals surface area contributed by atoms with Gasteiger partial charge in [-0.15, -0.1) is 0 Å². The second kappa shape index (κ2) is 6.56. The predicted octanol–water partition coefficient (Wildman–Crippen LogP) is -0.787. The van der Waals surface area contributed by atoms with Crippen molar-refractivity contribution in [3.63, 3.8) is 0 Å². The quantitative estimate of drug-likeness (QED) is 0.662. The van der Waals surface area contributed by atoms with Gasteiger partial charge in [0.1, 0.15) is 0 Å². The second-order valence-corrected chi connectivity index (χ2v) is 4.67. The van der Waals surface area contributed by atoms with E-state index in [9.17, 15) is 9.59 Å². The van der Waals surface area contributed by atoms with E-state index >= 15 is 0 Å². The van der Waals surface area contributed by atoms with Crippen molar-refractivity contribution in [3.05, 3.63) is 0 Å². The third-order valence-corrected chi connectivity index (χ3v) is 2.64. The Morgan fingerprint density at radius 1 is 1.12 bits per heavy atom. The lowest BCUT2D eigenvalue weighted by atomic mass is 10.3. The first kappa shape index (κ1) is 13.9. The highest BCUT2D eigenvalue weighted by Crippen LogP contribution is 2.00. The number of carboxylic acids is 1. The molecule has 1 fully saturated rings. The Morgan fingerprint density at radius 3 is 2.00 bits per heavy atom. The summed E-state index contributed by atoms with van der Waals surface area (Å²) in [6.45, 7) is 7.27.